The van der Waals surface area contributed by atoms with E-state index >= 15 is 0 Å². The molecule has 0 aromatic heterocycles. The molecule has 30 heavy (non-hydrogen) atoms. The molecule has 0 radical (unpaired) electrons. The number of methoxy groups -OCH3 is 1. The third kappa shape index (κ3) is 5.07. The van der Waals surface area contributed by atoms with Crippen molar-refractivity contribution in [2.75, 3.05) is 58.5 Å². The molecule has 2 aromatic rings. The first kappa shape index (κ1) is 22.8. The Morgan fingerprint density at radius 3 is 2.53 bits per heavy atom. The van der Waals surface area contributed by atoms with Crippen molar-refractivity contribution in [2.24, 2.45) is 4.99 Å². The van der Waals surface area contributed by atoms with Crippen LogP contribution in [0.1, 0.15) is 17.2 Å². The second-order valence-electron chi connectivity index (χ2n) is 7.40. The summed E-state index contributed by atoms with van der Waals surface area (Å²) < 4.78 is 10.9. The zero-order valence-corrected chi connectivity index (χ0v) is 20.0. The number of nitrogens with one attached hydrogen (secondary N) is 1. The number of benzene rings is 2. The molecule has 2 aliphatic heterocycles. The van der Waals surface area contributed by atoms with Crippen LogP contribution in [0.25, 0.3) is 0 Å². The zero-order chi connectivity index (χ0) is 20.1. The molecule has 0 aliphatic carbocycles. The highest BCUT2D eigenvalue weighted by atomic mass is 127. The van der Waals surface area contributed by atoms with E-state index in [1.807, 2.05) is 19.2 Å². The molecule has 6 nitrogen and oxygen atoms in total. The van der Waals surface area contributed by atoms with Gasteiger partial charge in [-0.25, -0.2) is 0 Å². The van der Waals surface area contributed by atoms with Crippen LogP contribution in [0.15, 0.2) is 53.5 Å². The molecule has 0 spiro atoms. The van der Waals surface area contributed by atoms with Crippen LogP contribution in [0.3, 0.4) is 0 Å². The van der Waals surface area contributed by atoms with Crippen molar-refractivity contribution in [3.8, 4) is 5.75 Å². The SMILES string of the molecule is CN=C(NCC(c1ccc(OC)cc1)N1CCOCC1)N1CCc2ccccc21.I. The van der Waals surface area contributed by atoms with Crippen LogP contribution in [-0.2, 0) is 11.2 Å². The molecule has 1 fully saturated rings. The first-order valence-corrected chi connectivity index (χ1v) is 10.3. The van der Waals surface area contributed by atoms with E-state index in [0.717, 1.165) is 57.5 Å². The Morgan fingerprint density at radius 1 is 1.10 bits per heavy atom. The van der Waals surface area contributed by atoms with Crippen molar-refractivity contribution in [3.63, 3.8) is 0 Å². The maximum Gasteiger partial charge on any atom is 0.198 e. The number of halogens is 1. The van der Waals surface area contributed by atoms with E-state index in [0.29, 0.717) is 0 Å². The average Bonchev–Trinajstić information content (AvgIpc) is 3.22. The third-order valence-corrected chi connectivity index (χ3v) is 5.80. The zero-order valence-electron chi connectivity index (χ0n) is 17.7. The molecule has 7 heteroatoms. The quantitative estimate of drug-likeness (QED) is 0.371. The normalized spacial score (nSPS) is 17.8. The van der Waals surface area contributed by atoms with Crippen LogP contribution < -0.4 is 15.0 Å². The number of rotatable bonds is 5. The van der Waals surface area contributed by atoms with E-state index < -0.39 is 0 Å². The molecule has 0 amide bonds. The number of hydrogen-bond donors (Lipinski definition) is 1. The van der Waals surface area contributed by atoms with Gasteiger partial charge < -0.3 is 19.7 Å². The summed E-state index contributed by atoms with van der Waals surface area (Å²) in [6.07, 6.45) is 1.06. The summed E-state index contributed by atoms with van der Waals surface area (Å²) in [6.45, 7) is 5.18. The lowest BCUT2D eigenvalue weighted by Crippen LogP contribution is -2.47. The molecule has 2 heterocycles. The van der Waals surface area contributed by atoms with Crippen LogP contribution in [0, 0.1) is 0 Å². The van der Waals surface area contributed by atoms with Gasteiger partial charge in [-0.3, -0.25) is 9.89 Å². The average molecular weight is 522 g/mol. The predicted octanol–water partition coefficient (Wildman–Crippen LogP) is 3.32. The van der Waals surface area contributed by atoms with Gasteiger partial charge in [0, 0.05) is 38.9 Å². The minimum atomic E-state index is 0. The fourth-order valence-electron chi connectivity index (χ4n) is 4.21. The Balaban J connectivity index is 0.00000256. The maximum absolute atomic E-state index is 5.58. The minimum absolute atomic E-state index is 0. The Bertz CT molecular complexity index is 837. The molecule has 1 unspecified atom stereocenters. The van der Waals surface area contributed by atoms with Gasteiger partial charge in [-0.2, -0.15) is 0 Å². The topological polar surface area (TPSA) is 49.3 Å². The van der Waals surface area contributed by atoms with Gasteiger partial charge in [0.1, 0.15) is 5.75 Å². The summed E-state index contributed by atoms with van der Waals surface area (Å²) in [5.74, 6) is 1.81. The van der Waals surface area contributed by atoms with E-state index in [4.69, 9.17) is 9.47 Å². The smallest absolute Gasteiger partial charge is 0.198 e. The van der Waals surface area contributed by atoms with Gasteiger partial charge in [0.25, 0.3) is 0 Å². The molecule has 162 valence electrons. The van der Waals surface area contributed by atoms with Crippen molar-refractivity contribution in [3.05, 3.63) is 59.7 Å². The van der Waals surface area contributed by atoms with E-state index in [9.17, 15) is 0 Å². The number of anilines is 1. The molecule has 0 saturated carbocycles. The molecule has 1 saturated heterocycles. The fourth-order valence-corrected chi connectivity index (χ4v) is 4.21. The number of ether oxygens (including phenoxy) is 2. The second-order valence-corrected chi connectivity index (χ2v) is 7.40. The highest BCUT2D eigenvalue weighted by Crippen LogP contribution is 2.28. The molecule has 0 bridgehead atoms. The van der Waals surface area contributed by atoms with Gasteiger partial charge in [-0.15, -0.1) is 24.0 Å². The third-order valence-electron chi connectivity index (χ3n) is 5.80. The molecule has 1 N–H and O–H groups in total. The van der Waals surface area contributed by atoms with Gasteiger partial charge in [-0.05, 0) is 35.7 Å². The second kappa shape index (κ2) is 11.0. The van der Waals surface area contributed by atoms with E-state index in [1.165, 1.54) is 16.8 Å². The minimum Gasteiger partial charge on any atom is -0.497 e. The van der Waals surface area contributed by atoms with Gasteiger partial charge in [0.15, 0.2) is 5.96 Å². The maximum atomic E-state index is 5.58. The first-order chi connectivity index (χ1) is 14.3. The van der Waals surface area contributed by atoms with Gasteiger partial charge >= 0.3 is 0 Å². The van der Waals surface area contributed by atoms with Crippen LogP contribution in [0.5, 0.6) is 5.75 Å². The van der Waals surface area contributed by atoms with Crippen LogP contribution in [-0.4, -0.2) is 64.4 Å². The molecular formula is C23H31IN4O2. The molecule has 4 rings (SSSR count). The van der Waals surface area contributed by atoms with Crippen molar-refractivity contribution in [1.29, 1.82) is 0 Å². The van der Waals surface area contributed by atoms with E-state index in [2.05, 4.69) is 56.5 Å². The standard InChI is InChI=1S/C23H30N4O2.HI/c1-24-23(27-12-11-18-5-3-4-6-21(18)27)25-17-22(26-13-15-29-16-14-26)19-7-9-20(28-2)10-8-19;/h3-10,22H,11-17H2,1-2H3,(H,24,25);1H. The number of morpholine rings is 1. The van der Waals surface area contributed by atoms with E-state index in [-0.39, 0.29) is 30.0 Å². The van der Waals surface area contributed by atoms with Crippen molar-refractivity contribution < 1.29 is 9.47 Å². The molecule has 2 aliphatic rings. The molecule has 2 aromatic carbocycles. The van der Waals surface area contributed by atoms with Crippen molar-refractivity contribution in [1.82, 2.24) is 10.2 Å². The van der Waals surface area contributed by atoms with Crippen molar-refractivity contribution >= 4 is 35.6 Å². The summed E-state index contributed by atoms with van der Waals surface area (Å²) in [5, 5.41) is 3.64. The largest absolute Gasteiger partial charge is 0.497 e. The lowest BCUT2D eigenvalue weighted by molar-refractivity contribution is 0.0170. The molecular weight excluding hydrogens is 491 g/mol. The monoisotopic (exact) mass is 522 g/mol. The summed E-state index contributed by atoms with van der Waals surface area (Å²) in [6, 6.07) is 17.2. The Labute approximate surface area is 196 Å². The number of guanidine groups is 1. The summed E-state index contributed by atoms with van der Waals surface area (Å²) in [7, 11) is 3.56. The Hall–Kier alpha value is -1.84. The number of fused-ring (bicyclic) bond motifs is 1. The van der Waals surface area contributed by atoms with Crippen molar-refractivity contribution in [2.45, 2.75) is 12.5 Å². The van der Waals surface area contributed by atoms with Gasteiger partial charge in [0.2, 0.25) is 0 Å². The Kier molecular flexibility index (Phi) is 8.35. The van der Waals surface area contributed by atoms with Crippen LogP contribution >= 0.6 is 24.0 Å². The number of nitrogens with zero attached hydrogens (tertiary/aromatic N) is 3. The highest BCUT2D eigenvalue weighted by Gasteiger charge is 2.26. The van der Waals surface area contributed by atoms with Crippen LogP contribution in [0.2, 0.25) is 0 Å². The van der Waals surface area contributed by atoms with Gasteiger partial charge in [-0.1, -0.05) is 30.3 Å². The number of para-hydroxylation sites is 1. The first-order valence-electron chi connectivity index (χ1n) is 10.3. The fraction of sp³-hybridized carbons (Fsp3) is 0.435. The highest BCUT2D eigenvalue weighted by molar-refractivity contribution is 14.0. The van der Waals surface area contributed by atoms with Gasteiger partial charge in [0.05, 0.1) is 26.4 Å². The number of aliphatic imine (C=N–C) groups is 1. The molecule has 1 atom stereocenters. The Morgan fingerprint density at radius 2 is 1.83 bits per heavy atom. The lowest BCUT2D eigenvalue weighted by Gasteiger charge is -2.35. The van der Waals surface area contributed by atoms with E-state index in [1.54, 1.807) is 7.11 Å². The lowest BCUT2D eigenvalue weighted by atomic mass is 10.0. The summed E-state index contributed by atoms with van der Waals surface area (Å²) in [5.41, 5.74) is 3.92. The summed E-state index contributed by atoms with van der Waals surface area (Å²) >= 11 is 0. The number of hydrogen-bond acceptors (Lipinski definition) is 4. The van der Waals surface area contributed by atoms with Crippen LogP contribution in [0.4, 0.5) is 5.69 Å². The summed E-state index contributed by atoms with van der Waals surface area (Å²) in [4.78, 5) is 9.36. The predicted molar refractivity (Wildman–Crippen MR) is 132 cm³/mol.